The van der Waals surface area contributed by atoms with Gasteiger partial charge in [0.15, 0.2) is 0 Å². The number of halogens is 3. The van der Waals surface area contributed by atoms with Crippen LogP contribution in [0.25, 0.3) is 5.69 Å². The second kappa shape index (κ2) is 4.61. The van der Waals surface area contributed by atoms with Gasteiger partial charge in [-0.1, -0.05) is 18.2 Å². The van der Waals surface area contributed by atoms with E-state index in [-0.39, 0.29) is 0 Å². The Morgan fingerprint density at radius 3 is 2.50 bits per heavy atom. The molecule has 0 spiro atoms. The third-order valence-electron chi connectivity index (χ3n) is 2.16. The fraction of sp³-hybridized carbons (Fsp3) is 0.182. The highest BCUT2D eigenvalue weighted by Gasteiger charge is 2.20. The van der Waals surface area contributed by atoms with Crippen LogP contribution in [0.2, 0.25) is 0 Å². The van der Waals surface area contributed by atoms with E-state index in [0.717, 1.165) is 5.69 Å². The molecule has 0 aliphatic rings. The van der Waals surface area contributed by atoms with Crippen LogP contribution in [0.5, 0.6) is 0 Å². The van der Waals surface area contributed by atoms with E-state index in [0.29, 0.717) is 5.56 Å². The molecule has 0 aliphatic heterocycles. The molecule has 16 heavy (non-hydrogen) atoms. The van der Waals surface area contributed by atoms with E-state index in [1.54, 1.807) is 0 Å². The Morgan fingerprint density at radius 2 is 1.88 bits per heavy atom. The van der Waals surface area contributed by atoms with Crippen LogP contribution >= 0.6 is 11.6 Å². The molecule has 1 heterocycles. The molecule has 1 aromatic heterocycles. The van der Waals surface area contributed by atoms with Gasteiger partial charge in [0, 0.05) is 11.8 Å². The van der Waals surface area contributed by atoms with Crippen molar-refractivity contribution in [2.75, 3.05) is 0 Å². The quantitative estimate of drug-likeness (QED) is 0.754. The lowest BCUT2D eigenvalue weighted by Gasteiger charge is -2.04. The third kappa shape index (κ3) is 2.22. The monoisotopic (exact) mass is 242 g/mol. The van der Waals surface area contributed by atoms with E-state index >= 15 is 0 Å². The summed E-state index contributed by atoms with van der Waals surface area (Å²) < 4.78 is 26.2. The maximum Gasteiger partial charge on any atom is 0.258 e. The molecule has 1 atom stereocenters. The zero-order valence-corrected chi connectivity index (χ0v) is 8.98. The van der Waals surface area contributed by atoms with Crippen molar-refractivity contribution < 1.29 is 8.78 Å². The summed E-state index contributed by atoms with van der Waals surface area (Å²) in [4.78, 5) is 0. The molecular weight excluding hydrogens is 234 g/mol. The molecular formula is C11H9ClF2N2. The molecule has 0 fully saturated rings. The van der Waals surface area contributed by atoms with E-state index in [2.05, 4.69) is 5.10 Å². The number of alkyl halides is 3. The zero-order valence-electron chi connectivity index (χ0n) is 8.22. The topological polar surface area (TPSA) is 17.8 Å². The predicted molar refractivity (Wildman–Crippen MR) is 58.2 cm³/mol. The van der Waals surface area contributed by atoms with Gasteiger partial charge >= 0.3 is 0 Å². The summed E-state index contributed by atoms with van der Waals surface area (Å²) in [6.07, 6.45) is 0.283. The molecule has 0 amide bonds. The van der Waals surface area contributed by atoms with Crippen LogP contribution in [0.15, 0.2) is 42.7 Å². The van der Waals surface area contributed by atoms with Crippen LogP contribution in [0.4, 0.5) is 8.78 Å². The molecule has 84 valence electrons. The van der Waals surface area contributed by atoms with Gasteiger partial charge in [-0.25, -0.2) is 13.5 Å². The number of hydrogen-bond acceptors (Lipinski definition) is 1. The standard InChI is InChI=1S/C11H9ClF2N2/c12-10(11(13)14)8-6-15-16(7-8)9-4-2-1-3-5-9/h1-7,10-11H. The first-order valence-electron chi connectivity index (χ1n) is 4.70. The highest BCUT2D eigenvalue weighted by Crippen LogP contribution is 2.27. The average Bonchev–Trinajstić information content (AvgIpc) is 2.78. The molecule has 1 unspecified atom stereocenters. The van der Waals surface area contributed by atoms with Crippen LogP contribution in [0.3, 0.4) is 0 Å². The summed E-state index contributed by atoms with van der Waals surface area (Å²) in [7, 11) is 0. The first-order valence-corrected chi connectivity index (χ1v) is 5.14. The van der Waals surface area contributed by atoms with Crippen molar-refractivity contribution in [3.05, 3.63) is 48.3 Å². The number of hydrogen-bond donors (Lipinski definition) is 0. The smallest absolute Gasteiger partial charge is 0.241 e. The lowest BCUT2D eigenvalue weighted by molar-refractivity contribution is 0.143. The molecule has 0 N–H and O–H groups in total. The number of nitrogens with zero attached hydrogens (tertiary/aromatic N) is 2. The van der Waals surface area contributed by atoms with Crippen LogP contribution in [0, 0.1) is 0 Å². The fourth-order valence-electron chi connectivity index (χ4n) is 1.35. The van der Waals surface area contributed by atoms with Crippen LogP contribution in [0.1, 0.15) is 10.9 Å². The van der Waals surface area contributed by atoms with Gasteiger partial charge in [0.1, 0.15) is 5.38 Å². The summed E-state index contributed by atoms with van der Waals surface area (Å²) >= 11 is 5.54. The fourth-order valence-corrected chi connectivity index (χ4v) is 1.46. The van der Waals surface area contributed by atoms with Gasteiger partial charge in [-0.15, -0.1) is 11.6 Å². The van der Waals surface area contributed by atoms with Gasteiger partial charge in [0.2, 0.25) is 0 Å². The van der Waals surface area contributed by atoms with E-state index in [9.17, 15) is 8.78 Å². The van der Waals surface area contributed by atoms with Crippen LogP contribution in [-0.2, 0) is 0 Å². The Hall–Kier alpha value is -1.42. The Labute approximate surface area is 96.5 Å². The molecule has 0 aliphatic carbocycles. The van der Waals surface area contributed by atoms with Crippen molar-refractivity contribution in [2.24, 2.45) is 0 Å². The largest absolute Gasteiger partial charge is 0.258 e. The van der Waals surface area contributed by atoms with Crippen molar-refractivity contribution in [3.63, 3.8) is 0 Å². The van der Waals surface area contributed by atoms with E-state index in [4.69, 9.17) is 11.6 Å². The average molecular weight is 243 g/mol. The first kappa shape index (κ1) is 11.1. The second-order valence-corrected chi connectivity index (χ2v) is 3.76. The first-order chi connectivity index (χ1) is 7.68. The Morgan fingerprint density at radius 1 is 1.19 bits per heavy atom. The van der Waals surface area contributed by atoms with Gasteiger partial charge in [-0.2, -0.15) is 5.10 Å². The summed E-state index contributed by atoms with van der Waals surface area (Å²) in [5, 5.41) is 2.68. The summed E-state index contributed by atoms with van der Waals surface area (Å²) in [6, 6.07) is 9.24. The van der Waals surface area contributed by atoms with Crippen LogP contribution in [-0.4, -0.2) is 16.2 Å². The Bertz CT molecular complexity index is 456. The normalized spacial score (nSPS) is 13.0. The number of benzene rings is 1. The number of para-hydroxylation sites is 1. The molecule has 0 saturated heterocycles. The molecule has 2 rings (SSSR count). The highest BCUT2D eigenvalue weighted by molar-refractivity contribution is 6.21. The number of rotatable bonds is 3. The summed E-state index contributed by atoms with van der Waals surface area (Å²) in [5.41, 5.74) is 1.13. The Balaban J connectivity index is 2.27. The lowest BCUT2D eigenvalue weighted by atomic mass is 10.2. The van der Waals surface area contributed by atoms with E-state index < -0.39 is 11.8 Å². The molecule has 0 bridgehead atoms. The summed E-state index contributed by atoms with van der Waals surface area (Å²) in [6.45, 7) is 0. The van der Waals surface area contributed by atoms with E-state index in [1.165, 1.54) is 17.1 Å². The third-order valence-corrected chi connectivity index (χ3v) is 2.61. The maximum atomic E-state index is 12.4. The maximum absolute atomic E-state index is 12.4. The predicted octanol–water partition coefficient (Wildman–Crippen LogP) is 3.42. The number of aromatic nitrogens is 2. The minimum atomic E-state index is -2.59. The van der Waals surface area contributed by atoms with Crippen molar-refractivity contribution >= 4 is 11.6 Å². The molecule has 0 radical (unpaired) electrons. The van der Waals surface area contributed by atoms with E-state index in [1.807, 2.05) is 30.3 Å². The van der Waals surface area contributed by atoms with Gasteiger partial charge in [-0.3, -0.25) is 0 Å². The van der Waals surface area contributed by atoms with Gasteiger partial charge in [-0.05, 0) is 12.1 Å². The molecule has 0 saturated carbocycles. The molecule has 2 aromatic rings. The molecule has 5 heteroatoms. The summed E-state index contributed by atoms with van der Waals surface area (Å²) in [5.74, 6) is 0. The SMILES string of the molecule is FC(F)C(Cl)c1cnn(-c2ccccc2)c1. The molecule has 1 aromatic carbocycles. The minimum Gasteiger partial charge on any atom is -0.241 e. The zero-order chi connectivity index (χ0) is 11.5. The highest BCUT2D eigenvalue weighted by atomic mass is 35.5. The van der Waals surface area contributed by atoms with Crippen molar-refractivity contribution in [1.29, 1.82) is 0 Å². The van der Waals surface area contributed by atoms with Crippen LogP contribution < -0.4 is 0 Å². The molecule has 2 nitrogen and oxygen atoms in total. The second-order valence-electron chi connectivity index (χ2n) is 3.29. The van der Waals surface area contributed by atoms with Gasteiger partial charge in [0.05, 0.1) is 11.9 Å². The van der Waals surface area contributed by atoms with Crippen molar-refractivity contribution in [1.82, 2.24) is 9.78 Å². The van der Waals surface area contributed by atoms with Gasteiger partial charge in [0.25, 0.3) is 6.43 Å². The van der Waals surface area contributed by atoms with Gasteiger partial charge < -0.3 is 0 Å². The van der Waals surface area contributed by atoms with Crippen molar-refractivity contribution in [2.45, 2.75) is 11.8 Å². The lowest BCUT2D eigenvalue weighted by Crippen LogP contribution is -2.00. The van der Waals surface area contributed by atoms with Crippen molar-refractivity contribution in [3.8, 4) is 5.69 Å². The minimum absolute atomic E-state index is 0.320. The Kier molecular flexibility index (Phi) is 3.19.